The summed E-state index contributed by atoms with van der Waals surface area (Å²) in [5.41, 5.74) is 2.39. The molecule has 0 bridgehead atoms. The van der Waals surface area contributed by atoms with E-state index in [9.17, 15) is 19.5 Å². The zero-order valence-corrected chi connectivity index (χ0v) is 13.2. The Labute approximate surface area is 139 Å². The standard InChI is InChI=1S/C19H17NO4/c1-2-12-7-9-13(10-8-12)16(11-17(21)22)20-18(23)14-5-3-4-6-15(14)19(20)24/h3-10,16H,2,11H2,1H3,(H,21,22)/t16-/m1/s1. The number of imide groups is 1. The zero-order chi connectivity index (χ0) is 17.3. The Morgan fingerprint density at radius 2 is 1.54 bits per heavy atom. The first-order chi connectivity index (χ1) is 11.5. The minimum Gasteiger partial charge on any atom is -0.481 e. The summed E-state index contributed by atoms with van der Waals surface area (Å²) in [6, 6.07) is 13.1. The molecule has 2 aromatic rings. The second-order valence-electron chi connectivity index (χ2n) is 5.73. The van der Waals surface area contributed by atoms with E-state index in [0.29, 0.717) is 16.7 Å². The van der Waals surface area contributed by atoms with Crippen molar-refractivity contribution in [1.29, 1.82) is 0 Å². The van der Waals surface area contributed by atoms with Gasteiger partial charge >= 0.3 is 5.97 Å². The van der Waals surface area contributed by atoms with Crippen LogP contribution in [0.3, 0.4) is 0 Å². The molecule has 2 amide bonds. The van der Waals surface area contributed by atoms with E-state index in [1.54, 1.807) is 36.4 Å². The Morgan fingerprint density at radius 3 is 2.00 bits per heavy atom. The molecule has 3 rings (SSSR count). The lowest BCUT2D eigenvalue weighted by Crippen LogP contribution is -2.35. The van der Waals surface area contributed by atoms with Gasteiger partial charge in [0.15, 0.2) is 0 Å². The van der Waals surface area contributed by atoms with Gasteiger partial charge in [-0.15, -0.1) is 0 Å². The van der Waals surface area contributed by atoms with Gasteiger partial charge in [0, 0.05) is 0 Å². The van der Waals surface area contributed by atoms with Gasteiger partial charge in [-0.2, -0.15) is 0 Å². The third-order valence-corrected chi connectivity index (χ3v) is 4.28. The number of carboxylic acid groups (broad SMARTS) is 1. The highest BCUT2D eigenvalue weighted by molar-refractivity contribution is 6.21. The van der Waals surface area contributed by atoms with Crippen molar-refractivity contribution in [3.63, 3.8) is 0 Å². The molecule has 0 radical (unpaired) electrons. The van der Waals surface area contributed by atoms with Crippen molar-refractivity contribution in [1.82, 2.24) is 4.90 Å². The molecule has 122 valence electrons. The van der Waals surface area contributed by atoms with Crippen molar-refractivity contribution in [3.05, 3.63) is 70.8 Å². The summed E-state index contributed by atoms with van der Waals surface area (Å²) in [4.78, 5) is 37.6. The Balaban J connectivity index is 2.02. The fraction of sp³-hybridized carbons (Fsp3) is 0.211. The summed E-state index contributed by atoms with van der Waals surface area (Å²) >= 11 is 0. The Bertz CT molecular complexity index is 775. The largest absolute Gasteiger partial charge is 0.481 e. The highest BCUT2D eigenvalue weighted by Crippen LogP contribution is 2.33. The smallest absolute Gasteiger partial charge is 0.305 e. The molecule has 1 heterocycles. The molecule has 0 aliphatic carbocycles. The molecule has 24 heavy (non-hydrogen) atoms. The van der Waals surface area contributed by atoms with Crippen LogP contribution in [-0.4, -0.2) is 27.8 Å². The van der Waals surface area contributed by atoms with E-state index in [1.165, 1.54) is 0 Å². The number of nitrogens with zero attached hydrogens (tertiary/aromatic N) is 1. The van der Waals surface area contributed by atoms with Gasteiger partial charge in [0.1, 0.15) is 0 Å². The van der Waals surface area contributed by atoms with Crippen molar-refractivity contribution in [2.75, 3.05) is 0 Å². The maximum absolute atomic E-state index is 12.6. The first kappa shape index (κ1) is 15.9. The van der Waals surface area contributed by atoms with Crippen LogP contribution in [0.4, 0.5) is 0 Å². The second kappa shape index (κ2) is 6.28. The van der Waals surface area contributed by atoms with E-state index in [-0.39, 0.29) is 6.42 Å². The van der Waals surface area contributed by atoms with Crippen molar-refractivity contribution < 1.29 is 19.5 Å². The predicted molar refractivity (Wildman–Crippen MR) is 87.8 cm³/mol. The molecule has 5 heteroatoms. The summed E-state index contributed by atoms with van der Waals surface area (Å²) in [6.07, 6.45) is 0.536. The monoisotopic (exact) mass is 323 g/mol. The molecule has 0 saturated carbocycles. The number of carbonyl (C=O) groups is 3. The molecule has 5 nitrogen and oxygen atoms in total. The zero-order valence-electron chi connectivity index (χ0n) is 13.2. The van der Waals surface area contributed by atoms with Crippen LogP contribution in [0.25, 0.3) is 0 Å². The van der Waals surface area contributed by atoms with Crippen LogP contribution in [0.2, 0.25) is 0 Å². The van der Waals surface area contributed by atoms with Crippen molar-refractivity contribution in [3.8, 4) is 0 Å². The topological polar surface area (TPSA) is 74.7 Å². The maximum Gasteiger partial charge on any atom is 0.305 e. The number of hydrogen-bond acceptors (Lipinski definition) is 3. The molecule has 0 aromatic heterocycles. The quantitative estimate of drug-likeness (QED) is 0.858. The highest BCUT2D eigenvalue weighted by atomic mass is 16.4. The van der Waals surface area contributed by atoms with Gasteiger partial charge in [0.05, 0.1) is 23.6 Å². The summed E-state index contributed by atoms with van der Waals surface area (Å²) in [5, 5.41) is 9.25. The summed E-state index contributed by atoms with van der Waals surface area (Å²) < 4.78 is 0. The van der Waals surface area contributed by atoms with Crippen molar-refractivity contribution in [2.24, 2.45) is 0 Å². The summed E-state index contributed by atoms with van der Waals surface area (Å²) in [7, 11) is 0. The predicted octanol–water partition coefficient (Wildman–Crippen LogP) is 3.06. The first-order valence-electron chi connectivity index (χ1n) is 7.80. The van der Waals surface area contributed by atoms with Crippen molar-refractivity contribution in [2.45, 2.75) is 25.8 Å². The average Bonchev–Trinajstić information content (AvgIpc) is 2.84. The molecule has 0 spiro atoms. The number of amides is 2. The van der Waals surface area contributed by atoms with E-state index < -0.39 is 23.8 Å². The molecule has 0 unspecified atom stereocenters. The third-order valence-electron chi connectivity index (χ3n) is 4.28. The van der Waals surface area contributed by atoms with Gasteiger partial charge in [0.2, 0.25) is 0 Å². The van der Waals surface area contributed by atoms with Gasteiger partial charge < -0.3 is 5.11 Å². The lowest BCUT2D eigenvalue weighted by molar-refractivity contribution is -0.138. The number of rotatable bonds is 5. The lowest BCUT2D eigenvalue weighted by Gasteiger charge is -2.25. The molecule has 1 aliphatic heterocycles. The number of hydrogen-bond donors (Lipinski definition) is 1. The Kier molecular flexibility index (Phi) is 4.16. The fourth-order valence-corrected chi connectivity index (χ4v) is 2.99. The average molecular weight is 323 g/mol. The molecular formula is C19H17NO4. The SMILES string of the molecule is CCc1ccc([C@@H](CC(=O)O)N2C(=O)c3ccccc3C2=O)cc1. The number of carboxylic acids is 1. The van der Waals surface area contributed by atoms with Gasteiger partial charge in [-0.25, -0.2) is 0 Å². The maximum atomic E-state index is 12.6. The highest BCUT2D eigenvalue weighted by Gasteiger charge is 2.41. The number of carbonyl (C=O) groups excluding carboxylic acids is 2. The number of benzene rings is 2. The third kappa shape index (κ3) is 2.69. The number of fused-ring (bicyclic) bond motifs is 1. The molecule has 2 aromatic carbocycles. The van der Waals surface area contributed by atoms with Gasteiger partial charge in [-0.05, 0) is 29.7 Å². The van der Waals surface area contributed by atoms with Crippen LogP contribution >= 0.6 is 0 Å². The van der Waals surface area contributed by atoms with Crippen LogP contribution < -0.4 is 0 Å². The van der Waals surface area contributed by atoms with Crippen LogP contribution in [-0.2, 0) is 11.2 Å². The normalized spacial score (nSPS) is 14.6. The van der Waals surface area contributed by atoms with Crippen molar-refractivity contribution >= 4 is 17.8 Å². The molecule has 1 aliphatic rings. The number of aliphatic carboxylic acids is 1. The van der Waals surface area contributed by atoms with Gasteiger partial charge in [0.25, 0.3) is 11.8 Å². The van der Waals surface area contributed by atoms with Crippen LogP contribution in [0.1, 0.15) is 51.2 Å². The fourth-order valence-electron chi connectivity index (χ4n) is 2.99. The van der Waals surface area contributed by atoms with E-state index in [2.05, 4.69) is 0 Å². The summed E-state index contributed by atoms with van der Waals surface area (Å²) in [5.74, 6) is -1.95. The van der Waals surface area contributed by atoms with Gasteiger partial charge in [-0.1, -0.05) is 43.3 Å². The second-order valence-corrected chi connectivity index (χ2v) is 5.73. The van der Waals surface area contributed by atoms with E-state index in [4.69, 9.17) is 0 Å². The van der Waals surface area contributed by atoms with Crippen LogP contribution in [0.15, 0.2) is 48.5 Å². The van der Waals surface area contributed by atoms with E-state index >= 15 is 0 Å². The lowest BCUT2D eigenvalue weighted by atomic mass is 10.00. The molecule has 1 atom stereocenters. The minimum absolute atomic E-state index is 0.322. The first-order valence-corrected chi connectivity index (χ1v) is 7.80. The minimum atomic E-state index is -1.06. The number of aryl methyl sites for hydroxylation is 1. The Hall–Kier alpha value is -2.95. The van der Waals surface area contributed by atoms with Crippen LogP contribution in [0, 0.1) is 0 Å². The molecule has 0 saturated heterocycles. The van der Waals surface area contributed by atoms with E-state index in [1.807, 2.05) is 19.1 Å². The molecular weight excluding hydrogens is 306 g/mol. The molecule has 1 N–H and O–H groups in total. The Morgan fingerprint density at radius 1 is 1.00 bits per heavy atom. The molecule has 0 fully saturated rings. The van der Waals surface area contributed by atoms with E-state index in [0.717, 1.165) is 16.9 Å². The van der Waals surface area contributed by atoms with Gasteiger partial charge in [-0.3, -0.25) is 19.3 Å². The van der Waals surface area contributed by atoms with Crippen LogP contribution in [0.5, 0.6) is 0 Å². The summed E-state index contributed by atoms with van der Waals surface area (Å²) in [6.45, 7) is 2.02.